The molecule has 28 heavy (non-hydrogen) atoms. The van der Waals surface area contributed by atoms with E-state index in [1.165, 1.54) is 0 Å². The molecule has 0 saturated heterocycles. The highest BCUT2D eigenvalue weighted by atomic mass is 16.5. The molecule has 164 valence electrons. The molecule has 1 aliphatic rings. The second-order valence-corrected chi connectivity index (χ2v) is 8.64. The number of esters is 2. The molecule has 0 radical (unpaired) electrons. The first-order chi connectivity index (χ1) is 13.5. The molecule has 0 aromatic heterocycles. The highest BCUT2D eigenvalue weighted by molar-refractivity contribution is 5.72. The Hall–Kier alpha value is -1.06. The predicted octanol–water partition coefficient (Wildman–Crippen LogP) is 6.31. The molecule has 0 N–H and O–H groups in total. The minimum Gasteiger partial charge on any atom is -0.465 e. The Morgan fingerprint density at radius 1 is 0.714 bits per heavy atom. The van der Waals surface area contributed by atoms with Gasteiger partial charge in [-0.1, -0.05) is 53.4 Å². The lowest BCUT2D eigenvalue weighted by molar-refractivity contribution is -0.153. The van der Waals surface area contributed by atoms with Gasteiger partial charge in [0.15, 0.2) is 0 Å². The van der Waals surface area contributed by atoms with Gasteiger partial charge in [-0.25, -0.2) is 0 Å². The molecule has 1 aliphatic carbocycles. The van der Waals surface area contributed by atoms with Crippen LogP contribution in [0.3, 0.4) is 0 Å². The Balaban J connectivity index is 2.24. The number of carbonyl (C=O) groups is 2. The first-order valence-corrected chi connectivity index (χ1v) is 11.9. The summed E-state index contributed by atoms with van der Waals surface area (Å²) in [4.78, 5) is 24.5. The van der Waals surface area contributed by atoms with Crippen LogP contribution in [0.25, 0.3) is 0 Å². The molecular formula is C24H44O4. The summed E-state index contributed by atoms with van der Waals surface area (Å²) in [5, 5.41) is 0. The van der Waals surface area contributed by atoms with Crippen LogP contribution in [0.2, 0.25) is 0 Å². The maximum Gasteiger partial charge on any atom is 0.308 e. The van der Waals surface area contributed by atoms with Crippen molar-refractivity contribution in [3.63, 3.8) is 0 Å². The van der Waals surface area contributed by atoms with Crippen LogP contribution in [0, 0.1) is 23.7 Å². The van der Waals surface area contributed by atoms with Crippen molar-refractivity contribution in [1.29, 1.82) is 0 Å². The van der Waals surface area contributed by atoms with Gasteiger partial charge in [-0.15, -0.1) is 0 Å². The fourth-order valence-electron chi connectivity index (χ4n) is 4.08. The van der Waals surface area contributed by atoms with E-state index >= 15 is 0 Å². The third-order valence-corrected chi connectivity index (χ3v) is 6.35. The highest BCUT2D eigenvalue weighted by Gasteiger charge is 2.26. The van der Waals surface area contributed by atoms with E-state index in [9.17, 15) is 9.59 Å². The third-order valence-electron chi connectivity index (χ3n) is 6.35. The van der Waals surface area contributed by atoms with Crippen LogP contribution in [0.5, 0.6) is 0 Å². The van der Waals surface area contributed by atoms with E-state index in [1.54, 1.807) is 0 Å². The summed E-state index contributed by atoms with van der Waals surface area (Å²) < 4.78 is 11.2. The Morgan fingerprint density at radius 3 is 1.36 bits per heavy atom. The van der Waals surface area contributed by atoms with E-state index in [0.717, 1.165) is 77.0 Å². The zero-order valence-electron chi connectivity index (χ0n) is 18.8. The first-order valence-electron chi connectivity index (χ1n) is 11.9. The van der Waals surface area contributed by atoms with Gasteiger partial charge >= 0.3 is 11.9 Å². The minimum absolute atomic E-state index is 0.00955. The van der Waals surface area contributed by atoms with Crippen molar-refractivity contribution in [3.05, 3.63) is 0 Å². The van der Waals surface area contributed by atoms with Gasteiger partial charge in [0, 0.05) is 0 Å². The lowest BCUT2D eigenvalue weighted by Gasteiger charge is -2.28. The van der Waals surface area contributed by atoms with Crippen LogP contribution in [-0.2, 0) is 19.1 Å². The zero-order valence-corrected chi connectivity index (χ0v) is 18.8. The van der Waals surface area contributed by atoms with Crippen molar-refractivity contribution in [3.8, 4) is 0 Å². The van der Waals surface area contributed by atoms with Crippen molar-refractivity contribution in [2.24, 2.45) is 23.7 Å². The van der Waals surface area contributed by atoms with Crippen LogP contribution in [0.15, 0.2) is 0 Å². The molecular weight excluding hydrogens is 352 g/mol. The topological polar surface area (TPSA) is 52.6 Å². The highest BCUT2D eigenvalue weighted by Crippen LogP contribution is 2.30. The number of carbonyl (C=O) groups excluding carboxylic acids is 2. The van der Waals surface area contributed by atoms with E-state index in [2.05, 4.69) is 27.7 Å². The average Bonchev–Trinajstić information content (AvgIpc) is 2.72. The Morgan fingerprint density at radius 2 is 1.07 bits per heavy atom. The molecule has 1 rings (SSSR count). The van der Waals surface area contributed by atoms with Gasteiger partial charge in [0.1, 0.15) is 0 Å². The summed E-state index contributed by atoms with van der Waals surface area (Å²) in [7, 11) is 0. The van der Waals surface area contributed by atoms with Crippen LogP contribution in [0.1, 0.15) is 105 Å². The zero-order chi connectivity index (χ0) is 20.8. The van der Waals surface area contributed by atoms with E-state index in [1.807, 2.05) is 0 Å². The fraction of sp³-hybridized carbons (Fsp3) is 0.917. The van der Waals surface area contributed by atoms with E-state index in [0.29, 0.717) is 25.0 Å². The van der Waals surface area contributed by atoms with Gasteiger partial charge in [-0.05, 0) is 63.2 Å². The molecule has 0 aliphatic heterocycles. The first kappa shape index (κ1) is 25.0. The Bertz CT molecular complexity index is 386. The summed E-state index contributed by atoms with van der Waals surface area (Å²) in [6.45, 7) is 9.56. The van der Waals surface area contributed by atoms with Crippen LogP contribution < -0.4 is 0 Å². The molecule has 0 heterocycles. The van der Waals surface area contributed by atoms with Crippen molar-refractivity contribution in [1.82, 2.24) is 0 Å². The van der Waals surface area contributed by atoms with Crippen molar-refractivity contribution >= 4 is 11.9 Å². The lowest BCUT2D eigenvalue weighted by Crippen LogP contribution is -2.26. The van der Waals surface area contributed by atoms with E-state index in [4.69, 9.17) is 9.47 Å². The number of ether oxygens (including phenoxy) is 2. The maximum atomic E-state index is 12.3. The standard InChI is InChI=1S/C24H44O4/c1-5-9-11-21(7-3)23(25)27-17-19-13-15-20(16-14-19)18-28-24(26)22(8-4)12-10-6-2/h19-22H,5-18H2,1-4H3/t19?,20?,21-,22-/m1/s1. The van der Waals surface area contributed by atoms with E-state index in [-0.39, 0.29) is 23.8 Å². The molecule has 4 nitrogen and oxygen atoms in total. The van der Waals surface area contributed by atoms with Gasteiger partial charge in [0.05, 0.1) is 25.0 Å². The largest absolute Gasteiger partial charge is 0.465 e. The van der Waals surface area contributed by atoms with Gasteiger partial charge in [0.25, 0.3) is 0 Å². The molecule has 0 bridgehead atoms. The minimum atomic E-state index is -0.00955. The number of hydrogen-bond acceptors (Lipinski definition) is 4. The number of unbranched alkanes of at least 4 members (excludes halogenated alkanes) is 2. The van der Waals surface area contributed by atoms with Gasteiger partial charge < -0.3 is 9.47 Å². The van der Waals surface area contributed by atoms with Crippen LogP contribution >= 0.6 is 0 Å². The SMILES string of the molecule is CCCC[C@@H](CC)C(=O)OCC1CCC(COC(=O)[C@H](CC)CCCC)CC1. The van der Waals surface area contributed by atoms with Crippen molar-refractivity contribution in [2.75, 3.05) is 13.2 Å². The normalized spacial score (nSPS) is 21.7. The average molecular weight is 397 g/mol. The molecule has 0 aromatic carbocycles. The Labute approximate surface area is 173 Å². The summed E-state index contributed by atoms with van der Waals surface area (Å²) in [5.74, 6) is 1.04. The fourth-order valence-corrected chi connectivity index (χ4v) is 4.08. The molecule has 0 unspecified atom stereocenters. The van der Waals surface area contributed by atoms with Gasteiger partial charge in [0.2, 0.25) is 0 Å². The summed E-state index contributed by atoms with van der Waals surface area (Å²) >= 11 is 0. The van der Waals surface area contributed by atoms with Gasteiger partial charge in [-0.2, -0.15) is 0 Å². The lowest BCUT2D eigenvalue weighted by atomic mass is 9.83. The molecule has 0 amide bonds. The molecule has 1 saturated carbocycles. The van der Waals surface area contributed by atoms with Gasteiger partial charge in [-0.3, -0.25) is 9.59 Å². The number of hydrogen-bond donors (Lipinski definition) is 0. The maximum absolute atomic E-state index is 12.3. The second kappa shape index (κ2) is 14.9. The van der Waals surface area contributed by atoms with Crippen LogP contribution in [-0.4, -0.2) is 25.2 Å². The van der Waals surface area contributed by atoms with Crippen LogP contribution in [0.4, 0.5) is 0 Å². The van der Waals surface area contributed by atoms with Crippen molar-refractivity contribution in [2.45, 2.75) is 105 Å². The molecule has 2 atom stereocenters. The monoisotopic (exact) mass is 396 g/mol. The molecule has 0 aromatic rings. The summed E-state index contributed by atoms with van der Waals surface area (Å²) in [6.07, 6.45) is 12.3. The summed E-state index contributed by atoms with van der Waals surface area (Å²) in [6, 6.07) is 0. The summed E-state index contributed by atoms with van der Waals surface area (Å²) in [5.41, 5.74) is 0. The molecule has 1 fully saturated rings. The second-order valence-electron chi connectivity index (χ2n) is 8.64. The smallest absolute Gasteiger partial charge is 0.308 e. The Kier molecular flexibility index (Phi) is 13.3. The molecule has 4 heteroatoms. The molecule has 0 spiro atoms. The van der Waals surface area contributed by atoms with Crippen molar-refractivity contribution < 1.29 is 19.1 Å². The third kappa shape index (κ3) is 9.43. The number of rotatable bonds is 14. The predicted molar refractivity (Wildman–Crippen MR) is 114 cm³/mol. The van der Waals surface area contributed by atoms with E-state index < -0.39 is 0 Å². The quantitative estimate of drug-likeness (QED) is 0.323.